The highest BCUT2D eigenvalue weighted by atomic mass is 19.4. The van der Waals surface area contributed by atoms with Gasteiger partial charge in [0.2, 0.25) is 0 Å². The van der Waals surface area contributed by atoms with Gasteiger partial charge in [-0.2, -0.15) is 26.3 Å². The fourth-order valence-electron chi connectivity index (χ4n) is 5.87. The van der Waals surface area contributed by atoms with Gasteiger partial charge < -0.3 is 24.6 Å². The van der Waals surface area contributed by atoms with E-state index in [-0.39, 0.29) is 42.9 Å². The number of imide groups is 1. The number of urea groups is 1. The maximum atomic E-state index is 13.8. The number of unbranched alkanes of at least 4 members (excludes halogenated alkanes) is 2. The lowest BCUT2D eigenvalue weighted by Gasteiger charge is -2.33. The SMILES string of the molecule is CCCC=Cc1cc(C(O)(C(F)(F)F)C(F)(F)F)cc(CCC)c1OCCCCN1C(=O)NC(CC)(c2ccc3c(c2)OCCO3)C1=O. The number of alkyl halides is 6. The van der Waals surface area contributed by atoms with Crippen LogP contribution in [0.25, 0.3) is 6.08 Å². The van der Waals surface area contributed by atoms with Gasteiger partial charge in [-0.1, -0.05) is 51.8 Å². The fourth-order valence-corrected chi connectivity index (χ4v) is 5.87. The highest BCUT2D eigenvalue weighted by Gasteiger charge is 2.71. The first-order valence-corrected chi connectivity index (χ1v) is 16.0. The second-order valence-electron chi connectivity index (χ2n) is 11.8. The number of benzene rings is 2. The second-order valence-corrected chi connectivity index (χ2v) is 11.8. The number of carbonyl (C=O) groups is 2. The third-order valence-electron chi connectivity index (χ3n) is 8.47. The Balaban J connectivity index is 1.51. The molecule has 2 aliphatic rings. The van der Waals surface area contributed by atoms with Crippen LogP contribution in [0.3, 0.4) is 0 Å². The van der Waals surface area contributed by atoms with E-state index in [4.69, 9.17) is 14.2 Å². The van der Waals surface area contributed by atoms with Gasteiger partial charge in [0.1, 0.15) is 24.5 Å². The van der Waals surface area contributed by atoms with Gasteiger partial charge in [-0.3, -0.25) is 9.69 Å². The molecule has 1 saturated heterocycles. The normalized spacial score (nSPS) is 18.5. The van der Waals surface area contributed by atoms with E-state index in [1.165, 1.54) is 6.08 Å². The average molecular weight is 687 g/mol. The maximum absolute atomic E-state index is 13.8. The third-order valence-corrected chi connectivity index (χ3v) is 8.47. The third kappa shape index (κ3) is 7.08. The molecule has 2 N–H and O–H groups in total. The van der Waals surface area contributed by atoms with Crippen molar-refractivity contribution in [3.8, 4) is 17.2 Å². The first-order chi connectivity index (χ1) is 22.6. The Morgan fingerprint density at radius 3 is 2.27 bits per heavy atom. The maximum Gasteiger partial charge on any atom is 0.430 e. The van der Waals surface area contributed by atoms with Crippen molar-refractivity contribution in [1.29, 1.82) is 0 Å². The Bertz CT molecular complexity index is 1490. The smallest absolute Gasteiger partial charge is 0.430 e. The zero-order chi connectivity index (χ0) is 35.3. The number of fused-ring (bicyclic) bond motifs is 1. The largest absolute Gasteiger partial charge is 0.493 e. The highest BCUT2D eigenvalue weighted by molar-refractivity contribution is 6.07. The molecule has 14 heteroatoms. The van der Waals surface area contributed by atoms with Crippen LogP contribution < -0.4 is 19.5 Å². The van der Waals surface area contributed by atoms with Crippen LogP contribution in [0, 0.1) is 0 Å². The van der Waals surface area contributed by atoms with Crippen molar-refractivity contribution in [3.05, 3.63) is 58.7 Å². The van der Waals surface area contributed by atoms with Crippen LogP contribution in [0.1, 0.15) is 81.5 Å². The molecule has 1 atom stereocenters. The molecule has 264 valence electrons. The molecule has 8 nitrogen and oxygen atoms in total. The molecule has 48 heavy (non-hydrogen) atoms. The first-order valence-electron chi connectivity index (χ1n) is 16.0. The monoisotopic (exact) mass is 686 g/mol. The van der Waals surface area contributed by atoms with Gasteiger partial charge in [0.05, 0.1) is 6.61 Å². The molecule has 0 aromatic heterocycles. The van der Waals surface area contributed by atoms with E-state index in [0.29, 0.717) is 74.5 Å². The molecule has 0 saturated carbocycles. The summed E-state index contributed by atoms with van der Waals surface area (Å²) in [7, 11) is 0. The van der Waals surface area contributed by atoms with Gasteiger partial charge >= 0.3 is 18.4 Å². The summed E-state index contributed by atoms with van der Waals surface area (Å²) in [6, 6.07) is 5.89. The van der Waals surface area contributed by atoms with E-state index in [1.807, 2.05) is 6.92 Å². The van der Waals surface area contributed by atoms with Crippen LogP contribution in [0.5, 0.6) is 17.2 Å². The van der Waals surface area contributed by atoms with E-state index in [9.17, 15) is 41.0 Å². The number of carbonyl (C=O) groups excluding carboxylic acids is 2. The molecule has 2 aromatic carbocycles. The summed E-state index contributed by atoms with van der Waals surface area (Å²) >= 11 is 0. The Morgan fingerprint density at radius 2 is 1.65 bits per heavy atom. The summed E-state index contributed by atoms with van der Waals surface area (Å²) in [6.07, 6.45) is -6.51. The zero-order valence-electron chi connectivity index (χ0n) is 27.0. The lowest BCUT2D eigenvalue weighted by molar-refractivity contribution is -0.376. The zero-order valence-corrected chi connectivity index (χ0v) is 27.0. The highest BCUT2D eigenvalue weighted by Crippen LogP contribution is 2.51. The molecule has 2 aromatic rings. The summed E-state index contributed by atoms with van der Waals surface area (Å²) in [6.45, 7) is 6.16. The van der Waals surface area contributed by atoms with Crippen molar-refractivity contribution in [2.24, 2.45) is 0 Å². The molecule has 1 unspecified atom stereocenters. The molecular formula is C34H40F6N2O6. The molecule has 0 aliphatic carbocycles. The van der Waals surface area contributed by atoms with Crippen molar-refractivity contribution < 1.29 is 55.2 Å². The minimum Gasteiger partial charge on any atom is -0.493 e. The quantitative estimate of drug-likeness (QED) is 0.121. The molecule has 0 bridgehead atoms. The number of halogens is 6. The molecule has 4 rings (SSSR count). The van der Waals surface area contributed by atoms with Crippen molar-refractivity contribution in [2.75, 3.05) is 26.4 Å². The molecule has 1 fully saturated rings. The van der Waals surface area contributed by atoms with Gasteiger partial charge in [0, 0.05) is 17.7 Å². The van der Waals surface area contributed by atoms with Gasteiger partial charge in [-0.15, -0.1) is 0 Å². The number of hydrogen-bond acceptors (Lipinski definition) is 6. The lowest BCUT2D eigenvalue weighted by atomic mass is 9.87. The molecule has 2 heterocycles. The molecule has 2 aliphatic heterocycles. The van der Waals surface area contributed by atoms with E-state index < -0.39 is 41.0 Å². The van der Waals surface area contributed by atoms with Crippen LogP contribution in [0.2, 0.25) is 0 Å². The minimum absolute atomic E-state index is 0.00177. The minimum atomic E-state index is -6.03. The van der Waals surface area contributed by atoms with Crippen molar-refractivity contribution >= 4 is 18.0 Å². The van der Waals surface area contributed by atoms with Crippen molar-refractivity contribution in [1.82, 2.24) is 10.2 Å². The standard InChI is InChI=1S/C34H40F6N2O6/c1-4-7-8-12-23-20-25(32(45,33(35,36)37)34(38,39)40)19-22(11-5-2)28(23)48-16-10-9-15-42-29(43)31(6-3,41-30(42)44)24-13-14-26-27(21-24)47-18-17-46-26/h8,12-14,19-21,45H,4-7,9-11,15-18H2,1-3H3,(H,41,44). The number of aliphatic hydroxyl groups is 1. The molecule has 0 radical (unpaired) electrons. The number of nitrogens with one attached hydrogen (secondary N) is 1. The number of ether oxygens (including phenoxy) is 3. The summed E-state index contributed by atoms with van der Waals surface area (Å²) in [5.41, 5.74) is -7.11. The van der Waals surface area contributed by atoms with Gasteiger partial charge in [0.25, 0.3) is 11.5 Å². The molecular weight excluding hydrogens is 646 g/mol. The van der Waals surface area contributed by atoms with E-state index in [0.717, 1.165) is 4.90 Å². The fraction of sp³-hybridized carbons (Fsp3) is 0.529. The predicted octanol–water partition coefficient (Wildman–Crippen LogP) is 7.55. The van der Waals surface area contributed by atoms with Crippen molar-refractivity contribution in [3.63, 3.8) is 0 Å². The van der Waals surface area contributed by atoms with Crippen LogP contribution in [-0.2, 0) is 22.4 Å². The number of rotatable bonds is 14. The Morgan fingerprint density at radius 1 is 0.958 bits per heavy atom. The van der Waals surface area contributed by atoms with E-state index in [1.54, 1.807) is 38.1 Å². The second kappa shape index (κ2) is 14.7. The van der Waals surface area contributed by atoms with Crippen LogP contribution in [0.15, 0.2) is 36.4 Å². The van der Waals surface area contributed by atoms with Gasteiger partial charge in [-0.25, -0.2) is 4.79 Å². The summed E-state index contributed by atoms with van der Waals surface area (Å²) in [4.78, 5) is 27.7. The number of aryl methyl sites for hydroxylation is 1. The number of allylic oxidation sites excluding steroid dienone is 1. The van der Waals surface area contributed by atoms with Gasteiger partial charge in [0.15, 0.2) is 11.5 Å². The number of amides is 3. The first kappa shape index (κ1) is 36.9. The van der Waals surface area contributed by atoms with E-state index >= 15 is 0 Å². The summed E-state index contributed by atoms with van der Waals surface area (Å²) < 4.78 is 99.7. The molecule has 0 spiro atoms. The van der Waals surface area contributed by atoms with Gasteiger partial charge in [-0.05, 0) is 67.5 Å². The van der Waals surface area contributed by atoms with Crippen LogP contribution >= 0.6 is 0 Å². The Kier molecular flexibility index (Phi) is 11.3. The molecule has 3 amide bonds. The number of hydrogen-bond donors (Lipinski definition) is 2. The summed E-state index contributed by atoms with van der Waals surface area (Å²) in [5, 5.41) is 12.9. The van der Waals surface area contributed by atoms with E-state index in [2.05, 4.69) is 5.32 Å². The summed E-state index contributed by atoms with van der Waals surface area (Å²) in [5.74, 6) is 0.698. The van der Waals surface area contributed by atoms with Crippen LogP contribution in [-0.4, -0.2) is 60.7 Å². The average Bonchev–Trinajstić information content (AvgIpc) is 3.29. The number of nitrogens with zero attached hydrogens (tertiary/aromatic N) is 1. The van der Waals surface area contributed by atoms with Crippen molar-refractivity contribution in [2.45, 2.75) is 89.2 Å². The Hall–Kier alpha value is -3.94. The lowest BCUT2D eigenvalue weighted by Crippen LogP contribution is -2.54. The topological polar surface area (TPSA) is 97.3 Å². The van der Waals surface area contributed by atoms with Crippen LogP contribution in [0.4, 0.5) is 31.1 Å². The Labute approximate surface area is 275 Å². The predicted molar refractivity (Wildman–Crippen MR) is 165 cm³/mol.